The number of para-hydroxylation sites is 2. The third-order valence-corrected chi connectivity index (χ3v) is 4.75. The topological polar surface area (TPSA) is 89.0 Å². The van der Waals surface area contributed by atoms with Gasteiger partial charge in [-0.3, -0.25) is 9.59 Å². The summed E-state index contributed by atoms with van der Waals surface area (Å²) >= 11 is 0. The highest BCUT2D eigenvalue weighted by Gasteiger charge is 2.19. The number of carbonyl (C=O) groups excluding carboxylic acids is 1. The molecule has 2 heterocycles. The average Bonchev–Trinajstić information content (AvgIpc) is 2.72. The molecule has 154 valence electrons. The Kier molecular flexibility index (Phi) is 7.44. The first-order valence-corrected chi connectivity index (χ1v) is 9.96. The molecule has 1 aromatic heterocycles. The van der Waals surface area contributed by atoms with Gasteiger partial charge in [-0.15, -0.1) is 0 Å². The van der Waals surface area contributed by atoms with Crippen LogP contribution >= 0.6 is 0 Å². The van der Waals surface area contributed by atoms with Crippen molar-refractivity contribution >= 4 is 11.9 Å². The number of carboxylic acids is 1. The van der Waals surface area contributed by atoms with Crippen molar-refractivity contribution < 1.29 is 24.2 Å². The summed E-state index contributed by atoms with van der Waals surface area (Å²) < 4.78 is 11.9. The highest BCUT2D eigenvalue weighted by Crippen LogP contribution is 2.32. The molecule has 0 saturated carbocycles. The Morgan fingerprint density at radius 2 is 1.79 bits per heavy atom. The lowest BCUT2D eigenvalue weighted by atomic mass is 10.1. The van der Waals surface area contributed by atoms with Crippen LogP contribution in [-0.2, 0) is 16.1 Å². The zero-order chi connectivity index (χ0) is 20.5. The molecule has 7 nitrogen and oxygen atoms in total. The molecule has 0 fully saturated rings. The van der Waals surface area contributed by atoms with E-state index in [4.69, 9.17) is 14.6 Å². The second-order valence-electron chi connectivity index (χ2n) is 6.99. The van der Waals surface area contributed by atoms with Crippen molar-refractivity contribution in [3.05, 3.63) is 48.2 Å². The SMILES string of the molecule is O=C(O)CCC(=O)N1CCCCCCOc2ccccc2Oc2ncccc2C1. The normalized spacial score (nSPS) is 15.1. The lowest BCUT2D eigenvalue weighted by molar-refractivity contribution is -0.141. The third kappa shape index (κ3) is 6.20. The van der Waals surface area contributed by atoms with E-state index in [0.717, 1.165) is 31.2 Å². The summed E-state index contributed by atoms with van der Waals surface area (Å²) in [5.41, 5.74) is 0.767. The fraction of sp³-hybridized carbons (Fsp3) is 0.409. The van der Waals surface area contributed by atoms with Gasteiger partial charge in [0.05, 0.1) is 19.6 Å². The molecule has 7 heteroatoms. The van der Waals surface area contributed by atoms with Crippen molar-refractivity contribution in [2.75, 3.05) is 13.2 Å². The van der Waals surface area contributed by atoms with Crippen LogP contribution in [0, 0.1) is 0 Å². The van der Waals surface area contributed by atoms with Crippen molar-refractivity contribution in [3.8, 4) is 17.4 Å². The van der Waals surface area contributed by atoms with E-state index in [1.54, 1.807) is 17.2 Å². The maximum atomic E-state index is 12.6. The second kappa shape index (κ2) is 10.5. The number of carboxylic acid groups (broad SMARTS) is 1. The van der Waals surface area contributed by atoms with Crippen LogP contribution < -0.4 is 9.47 Å². The molecule has 3 rings (SSSR count). The Morgan fingerprint density at radius 3 is 2.62 bits per heavy atom. The van der Waals surface area contributed by atoms with Gasteiger partial charge in [0.25, 0.3) is 0 Å². The molecule has 2 aromatic rings. The molecular formula is C22H26N2O5. The minimum Gasteiger partial charge on any atom is -0.490 e. The molecule has 0 aliphatic carbocycles. The van der Waals surface area contributed by atoms with Crippen molar-refractivity contribution in [2.45, 2.75) is 45.1 Å². The van der Waals surface area contributed by atoms with Gasteiger partial charge in [0, 0.05) is 24.7 Å². The third-order valence-electron chi connectivity index (χ3n) is 4.75. The molecule has 1 N–H and O–H groups in total. The average molecular weight is 398 g/mol. The van der Waals surface area contributed by atoms with E-state index < -0.39 is 5.97 Å². The quantitative estimate of drug-likeness (QED) is 0.840. The standard InChI is InChI=1S/C22H26N2O5/c25-20(11-12-21(26)27)24-14-5-1-2-6-15-28-18-9-3-4-10-19(18)29-22-17(16-24)8-7-13-23-22/h3-4,7-10,13H,1-2,5-6,11-12,14-16H2,(H,26,27). The minimum atomic E-state index is -0.970. The predicted molar refractivity (Wildman–Crippen MR) is 107 cm³/mol. The number of hydrogen-bond acceptors (Lipinski definition) is 5. The summed E-state index contributed by atoms with van der Waals surface area (Å²) in [6, 6.07) is 11.1. The summed E-state index contributed by atoms with van der Waals surface area (Å²) in [6.45, 7) is 1.49. The van der Waals surface area contributed by atoms with Crippen molar-refractivity contribution in [1.82, 2.24) is 9.88 Å². The minimum absolute atomic E-state index is 0.0114. The van der Waals surface area contributed by atoms with E-state index in [0.29, 0.717) is 37.1 Å². The number of aliphatic carboxylic acids is 1. The zero-order valence-corrected chi connectivity index (χ0v) is 16.4. The number of benzene rings is 1. The van der Waals surface area contributed by atoms with Gasteiger partial charge in [-0.05, 0) is 31.0 Å². The summed E-state index contributed by atoms with van der Waals surface area (Å²) in [5.74, 6) is 0.515. The van der Waals surface area contributed by atoms with Gasteiger partial charge in [0.15, 0.2) is 11.5 Å². The molecular weight excluding hydrogens is 372 g/mol. The number of aromatic nitrogens is 1. The van der Waals surface area contributed by atoms with Crippen molar-refractivity contribution in [2.24, 2.45) is 0 Å². The van der Waals surface area contributed by atoms with E-state index in [-0.39, 0.29) is 18.7 Å². The Morgan fingerprint density at radius 1 is 1.00 bits per heavy atom. The highest BCUT2D eigenvalue weighted by molar-refractivity contribution is 5.80. The van der Waals surface area contributed by atoms with Gasteiger partial charge < -0.3 is 19.5 Å². The number of amides is 1. The summed E-state index contributed by atoms with van der Waals surface area (Å²) in [6.07, 6.45) is 5.20. The van der Waals surface area contributed by atoms with Crippen molar-refractivity contribution in [3.63, 3.8) is 0 Å². The van der Waals surface area contributed by atoms with Crippen molar-refractivity contribution in [1.29, 1.82) is 0 Å². The molecule has 0 atom stereocenters. The van der Waals surface area contributed by atoms with Gasteiger partial charge >= 0.3 is 5.97 Å². The van der Waals surface area contributed by atoms with Gasteiger partial charge in [0.1, 0.15) is 0 Å². The molecule has 0 bridgehead atoms. The number of carbonyl (C=O) groups is 2. The lowest BCUT2D eigenvalue weighted by Gasteiger charge is -2.24. The Labute approximate surface area is 170 Å². The summed E-state index contributed by atoms with van der Waals surface area (Å²) in [4.78, 5) is 29.6. The van der Waals surface area contributed by atoms with Crippen LogP contribution in [0.3, 0.4) is 0 Å². The number of rotatable bonds is 3. The smallest absolute Gasteiger partial charge is 0.303 e. The van der Waals surface area contributed by atoms with E-state index in [1.165, 1.54) is 0 Å². The maximum absolute atomic E-state index is 12.6. The largest absolute Gasteiger partial charge is 0.490 e. The van der Waals surface area contributed by atoms with Crippen LogP contribution in [0.1, 0.15) is 44.1 Å². The Balaban J connectivity index is 1.86. The van der Waals surface area contributed by atoms with Crippen LogP contribution in [0.2, 0.25) is 0 Å². The monoisotopic (exact) mass is 398 g/mol. The molecule has 0 spiro atoms. The first kappa shape index (κ1) is 20.6. The predicted octanol–water partition coefficient (Wildman–Crippen LogP) is 4.02. The Bertz CT molecular complexity index is 839. The molecule has 1 amide bonds. The fourth-order valence-corrected chi connectivity index (χ4v) is 3.20. The summed E-state index contributed by atoms with van der Waals surface area (Å²) in [7, 11) is 0. The second-order valence-corrected chi connectivity index (χ2v) is 6.99. The van der Waals surface area contributed by atoms with Crippen LogP contribution in [0.15, 0.2) is 42.6 Å². The molecule has 1 aliphatic rings. The molecule has 0 radical (unpaired) electrons. The Hall–Kier alpha value is -3.09. The number of ether oxygens (including phenoxy) is 2. The van der Waals surface area contributed by atoms with Crippen LogP contribution in [-0.4, -0.2) is 40.0 Å². The summed E-state index contributed by atoms with van der Waals surface area (Å²) in [5, 5.41) is 8.91. The first-order valence-electron chi connectivity index (χ1n) is 9.96. The number of fused-ring (bicyclic) bond motifs is 2. The van der Waals surface area contributed by atoms with Gasteiger partial charge in [-0.25, -0.2) is 4.98 Å². The lowest BCUT2D eigenvalue weighted by Crippen LogP contribution is -2.32. The van der Waals surface area contributed by atoms with E-state index >= 15 is 0 Å². The van der Waals surface area contributed by atoms with Crippen LogP contribution in [0.5, 0.6) is 17.4 Å². The number of hydrogen-bond donors (Lipinski definition) is 1. The highest BCUT2D eigenvalue weighted by atomic mass is 16.5. The van der Waals surface area contributed by atoms with Crippen LogP contribution in [0.4, 0.5) is 0 Å². The van der Waals surface area contributed by atoms with E-state index in [2.05, 4.69) is 4.98 Å². The van der Waals surface area contributed by atoms with Gasteiger partial charge in [0.2, 0.25) is 11.8 Å². The van der Waals surface area contributed by atoms with E-state index in [1.807, 2.05) is 30.3 Å². The van der Waals surface area contributed by atoms with Crippen LogP contribution in [0.25, 0.3) is 0 Å². The number of nitrogens with zero attached hydrogens (tertiary/aromatic N) is 2. The molecule has 1 aliphatic heterocycles. The molecule has 1 aromatic carbocycles. The van der Waals surface area contributed by atoms with Gasteiger partial charge in [-0.1, -0.05) is 31.0 Å². The van der Waals surface area contributed by atoms with E-state index in [9.17, 15) is 9.59 Å². The maximum Gasteiger partial charge on any atom is 0.303 e. The zero-order valence-electron chi connectivity index (χ0n) is 16.4. The first-order chi connectivity index (χ1) is 14.1. The number of pyridine rings is 1. The molecule has 0 unspecified atom stereocenters. The van der Waals surface area contributed by atoms with Gasteiger partial charge in [-0.2, -0.15) is 0 Å². The molecule has 0 saturated heterocycles. The fourth-order valence-electron chi connectivity index (χ4n) is 3.20. The molecule has 29 heavy (non-hydrogen) atoms.